The summed E-state index contributed by atoms with van der Waals surface area (Å²) in [5, 5.41) is 12.5. The van der Waals surface area contributed by atoms with Crippen LogP contribution >= 0.6 is 0 Å². The molecule has 0 saturated heterocycles. The van der Waals surface area contributed by atoms with Crippen molar-refractivity contribution in [3.63, 3.8) is 0 Å². The third kappa shape index (κ3) is 4.49. The zero-order valence-corrected chi connectivity index (χ0v) is 15.3. The monoisotopic (exact) mass is 370 g/mol. The normalized spacial score (nSPS) is 15.6. The molecule has 2 heterocycles. The molecule has 0 radical (unpaired) electrons. The minimum atomic E-state index is -0.758. The lowest BCUT2D eigenvalue weighted by Gasteiger charge is -2.22. The molecule has 0 spiro atoms. The first-order valence-corrected chi connectivity index (χ1v) is 8.90. The summed E-state index contributed by atoms with van der Waals surface area (Å²) < 4.78 is 1.48. The van der Waals surface area contributed by atoms with Crippen molar-refractivity contribution in [2.24, 2.45) is 0 Å². The Hall–Kier alpha value is -3.23. The van der Waals surface area contributed by atoms with Crippen LogP contribution in [0.3, 0.4) is 0 Å². The fourth-order valence-electron chi connectivity index (χ4n) is 2.82. The largest absolute Gasteiger partial charge is 0.326 e. The van der Waals surface area contributed by atoms with Gasteiger partial charge in [0.15, 0.2) is 5.82 Å². The highest BCUT2D eigenvalue weighted by Gasteiger charge is 2.33. The first-order chi connectivity index (χ1) is 13.0. The summed E-state index contributed by atoms with van der Waals surface area (Å²) in [6.07, 6.45) is 2.65. The molecule has 3 N–H and O–H groups in total. The predicted molar refractivity (Wildman–Crippen MR) is 100 cm³/mol. The van der Waals surface area contributed by atoms with Crippen molar-refractivity contribution in [1.82, 2.24) is 14.8 Å². The lowest BCUT2D eigenvalue weighted by Crippen LogP contribution is -2.36. The zero-order chi connectivity index (χ0) is 19.4. The highest BCUT2D eigenvalue weighted by Crippen LogP contribution is 2.25. The topological polar surface area (TPSA) is 118 Å². The highest BCUT2D eigenvalue weighted by atomic mass is 16.2. The first kappa shape index (κ1) is 18.6. The smallest absolute Gasteiger partial charge is 0.249 e. The van der Waals surface area contributed by atoms with E-state index >= 15 is 0 Å². The molecule has 142 valence electrons. The van der Waals surface area contributed by atoms with Crippen LogP contribution in [0.1, 0.15) is 45.0 Å². The molecule has 1 aliphatic heterocycles. The van der Waals surface area contributed by atoms with Gasteiger partial charge in [0, 0.05) is 24.7 Å². The molecule has 3 amide bonds. The number of rotatable bonds is 6. The molecule has 0 bridgehead atoms. The van der Waals surface area contributed by atoms with Gasteiger partial charge >= 0.3 is 0 Å². The van der Waals surface area contributed by atoms with E-state index < -0.39 is 6.04 Å². The molecule has 1 aliphatic rings. The fraction of sp³-hybridized carbons (Fsp3) is 0.389. The molecule has 0 aliphatic carbocycles. The molecule has 1 aromatic carbocycles. The number of hydrogen-bond acceptors (Lipinski definition) is 5. The second-order valence-corrected chi connectivity index (χ2v) is 6.42. The van der Waals surface area contributed by atoms with E-state index in [0.717, 1.165) is 12.8 Å². The molecular weight excluding hydrogens is 348 g/mol. The van der Waals surface area contributed by atoms with Crippen LogP contribution in [-0.4, -0.2) is 32.5 Å². The highest BCUT2D eigenvalue weighted by molar-refractivity contribution is 6.00. The number of amides is 3. The quantitative estimate of drug-likeness (QED) is 0.720. The van der Waals surface area contributed by atoms with E-state index in [1.165, 1.54) is 11.6 Å². The van der Waals surface area contributed by atoms with Crippen LogP contribution in [-0.2, 0) is 20.8 Å². The van der Waals surface area contributed by atoms with E-state index in [-0.39, 0.29) is 24.1 Å². The summed E-state index contributed by atoms with van der Waals surface area (Å²) in [5.41, 5.74) is 1.20. The fourth-order valence-corrected chi connectivity index (χ4v) is 2.82. The van der Waals surface area contributed by atoms with Crippen molar-refractivity contribution in [3.05, 3.63) is 30.1 Å². The maximum absolute atomic E-state index is 12.7. The van der Waals surface area contributed by atoms with Gasteiger partial charge < -0.3 is 10.6 Å². The van der Waals surface area contributed by atoms with Crippen molar-refractivity contribution < 1.29 is 14.4 Å². The number of aryl methyl sites for hydroxylation is 1. The van der Waals surface area contributed by atoms with Crippen LogP contribution in [0.2, 0.25) is 0 Å². The zero-order valence-electron chi connectivity index (χ0n) is 15.3. The van der Waals surface area contributed by atoms with Gasteiger partial charge in [-0.3, -0.25) is 19.7 Å². The van der Waals surface area contributed by atoms with Gasteiger partial charge in [-0.2, -0.15) is 10.1 Å². The Bertz CT molecular complexity index is 858. The Kier molecular flexibility index (Phi) is 5.49. The molecule has 3 rings (SSSR count). The van der Waals surface area contributed by atoms with E-state index in [1.54, 1.807) is 24.3 Å². The number of nitrogens with zero attached hydrogens (tertiary/aromatic N) is 3. The van der Waals surface area contributed by atoms with E-state index in [2.05, 4.69) is 33.0 Å². The van der Waals surface area contributed by atoms with Gasteiger partial charge in [0.1, 0.15) is 6.04 Å². The SMILES string of the molecule is CCCCc1nc2n(n1)[C@@H](C(=O)Nc1ccc(NC(C)=O)cc1)CC(=O)N2. The third-order valence-electron chi connectivity index (χ3n) is 4.13. The van der Waals surface area contributed by atoms with Crippen LogP contribution in [0.5, 0.6) is 0 Å². The molecule has 0 unspecified atom stereocenters. The number of aromatic nitrogens is 3. The van der Waals surface area contributed by atoms with E-state index in [4.69, 9.17) is 0 Å². The summed E-state index contributed by atoms with van der Waals surface area (Å²) in [5.74, 6) is 0.144. The second kappa shape index (κ2) is 7.98. The summed E-state index contributed by atoms with van der Waals surface area (Å²) in [6.45, 7) is 3.50. The van der Waals surface area contributed by atoms with Crippen molar-refractivity contribution in [2.75, 3.05) is 16.0 Å². The number of hydrogen-bond donors (Lipinski definition) is 3. The molecule has 0 fully saturated rings. The molecule has 0 saturated carbocycles. The number of fused-ring (bicyclic) bond motifs is 1. The van der Waals surface area contributed by atoms with Crippen molar-refractivity contribution >= 4 is 35.0 Å². The van der Waals surface area contributed by atoms with Crippen molar-refractivity contribution in [1.29, 1.82) is 0 Å². The van der Waals surface area contributed by atoms with Gasteiger partial charge in [0.2, 0.25) is 23.7 Å². The number of nitrogens with one attached hydrogen (secondary N) is 3. The van der Waals surface area contributed by atoms with Crippen molar-refractivity contribution in [3.8, 4) is 0 Å². The van der Waals surface area contributed by atoms with Gasteiger partial charge in [-0.1, -0.05) is 13.3 Å². The van der Waals surface area contributed by atoms with E-state index in [9.17, 15) is 14.4 Å². The Labute approximate surface area is 156 Å². The van der Waals surface area contributed by atoms with Crippen LogP contribution in [0, 0.1) is 0 Å². The average Bonchev–Trinajstić information content (AvgIpc) is 3.03. The van der Waals surface area contributed by atoms with Gasteiger partial charge in [-0.25, -0.2) is 4.68 Å². The summed E-state index contributed by atoms with van der Waals surface area (Å²) in [6, 6.07) is 5.98. The van der Waals surface area contributed by atoms with Gasteiger partial charge in [-0.15, -0.1) is 0 Å². The molecule has 1 atom stereocenters. The Morgan fingerprint density at radius 3 is 2.52 bits per heavy atom. The van der Waals surface area contributed by atoms with Crippen LogP contribution in [0.15, 0.2) is 24.3 Å². The van der Waals surface area contributed by atoms with Gasteiger partial charge in [0.25, 0.3) is 0 Å². The summed E-state index contributed by atoms with van der Waals surface area (Å²) in [7, 11) is 0. The lowest BCUT2D eigenvalue weighted by molar-refractivity contribution is -0.125. The maximum atomic E-state index is 12.7. The Balaban J connectivity index is 1.74. The Morgan fingerprint density at radius 1 is 1.22 bits per heavy atom. The van der Waals surface area contributed by atoms with E-state index in [0.29, 0.717) is 29.6 Å². The number of carbonyl (C=O) groups is 3. The minimum absolute atomic E-state index is 0.000608. The molecule has 9 heteroatoms. The van der Waals surface area contributed by atoms with Crippen LogP contribution < -0.4 is 16.0 Å². The Morgan fingerprint density at radius 2 is 1.89 bits per heavy atom. The van der Waals surface area contributed by atoms with E-state index in [1.807, 2.05) is 0 Å². The lowest BCUT2D eigenvalue weighted by atomic mass is 10.1. The maximum Gasteiger partial charge on any atom is 0.249 e. The molecule has 2 aromatic rings. The molecule has 9 nitrogen and oxygen atoms in total. The third-order valence-corrected chi connectivity index (χ3v) is 4.13. The average molecular weight is 370 g/mol. The number of anilines is 3. The number of benzene rings is 1. The second-order valence-electron chi connectivity index (χ2n) is 6.42. The van der Waals surface area contributed by atoms with Crippen LogP contribution in [0.25, 0.3) is 0 Å². The minimum Gasteiger partial charge on any atom is -0.326 e. The van der Waals surface area contributed by atoms with Crippen molar-refractivity contribution in [2.45, 2.75) is 45.6 Å². The van der Waals surface area contributed by atoms with Gasteiger partial charge in [0.05, 0.1) is 6.42 Å². The number of carbonyl (C=O) groups excluding carboxylic acids is 3. The van der Waals surface area contributed by atoms with Crippen LogP contribution in [0.4, 0.5) is 17.3 Å². The van der Waals surface area contributed by atoms with Gasteiger partial charge in [-0.05, 0) is 30.7 Å². The molecule has 27 heavy (non-hydrogen) atoms. The predicted octanol–water partition coefficient (Wildman–Crippen LogP) is 2.10. The first-order valence-electron chi connectivity index (χ1n) is 8.90. The molecular formula is C18H22N6O3. The summed E-state index contributed by atoms with van der Waals surface area (Å²) >= 11 is 0. The number of unbranched alkanes of at least 4 members (excludes halogenated alkanes) is 1. The molecule has 1 aromatic heterocycles. The summed E-state index contributed by atoms with van der Waals surface area (Å²) in [4.78, 5) is 40.0. The standard InChI is InChI=1S/C18H22N6O3/c1-3-4-5-15-21-18-22-16(26)10-14(24(18)23-15)17(27)20-13-8-6-12(7-9-13)19-11(2)25/h6-9,14H,3-5,10H2,1-2H3,(H,19,25)(H,20,27)(H,21,22,23,26)/t14-/m1/s1.